The van der Waals surface area contributed by atoms with Crippen LogP contribution in [-0.4, -0.2) is 28.8 Å². The van der Waals surface area contributed by atoms with Crippen molar-refractivity contribution in [2.75, 3.05) is 0 Å². The van der Waals surface area contributed by atoms with Crippen molar-refractivity contribution in [1.82, 2.24) is 10.2 Å². The highest BCUT2D eigenvalue weighted by Gasteiger charge is 2.29. The van der Waals surface area contributed by atoms with Gasteiger partial charge in [-0.15, -0.1) is 0 Å². The van der Waals surface area contributed by atoms with Crippen LogP contribution in [0.15, 0.2) is 42.5 Å². The number of hydrogen-bond acceptors (Lipinski definition) is 2. The first-order valence-corrected chi connectivity index (χ1v) is 13.4. The number of aryl methyl sites for hydroxylation is 1. The second-order valence-corrected chi connectivity index (χ2v) is 11.5. The van der Waals surface area contributed by atoms with E-state index >= 15 is 0 Å². The Kier molecular flexibility index (Phi) is 9.66. The monoisotopic (exact) mass is 516 g/mol. The first-order chi connectivity index (χ1) is 16.6. The van der Waals surface area contributed by atoms with Crippen LogP contribution in [0.1, 0.15) is 82.9 Å². The van der Waals surface area contributed by atoms with Crippen molar-refractivity contribution < 1.29 is 9.59 Å². The summed E-state index contributed by atoms with van der Waals surface area (Å²) in [7, 11) is 0. The van der Waals surface area contributed by atoms with Crippen LogP contribution in [0.5, 0.6) is 0 Å². The fourth-order valence-corrected chi connectivity index (χ4v) is 5.09. The third-order valence-electron chi connectivity index (χ3n) is 6.96. The number of hydrogen-bond donors (Lipinski definition) is 1. The Bertz CT molecular complexity index is 988. The molecule has 1 aliphatic rings. The summed E-state index contributed by atoms with van der Waals surface area (Å²) >= 11 is 12.8. The van der Waals surface area contributed by atoms with Gasteiger partial charge in [0.15, 0.2) is 0 Å². The van der Waals surface area contributed by atoms with Crippen molar-refractivity contribution in [2.45, 2.75) is 96.7 Å². The summed E-state index contributed by atoms with van der Waals surface area (Å²) in [6.07, 6.45) is 6.37. The van der Waals surface area contributed by atoms with Gasteiger partial charge < -0.3 is 10.2 Å². The maximum Gasteiger partial charge on any atom is 0.242 e. The molecule has 6 heteroatoms. The lowest BCUT2D eigenvalue weighted by molar-refractivity contribution is -0.141. The van der Waals surface area contributed by atoms with Crippen LogP contribution < -0.4 is 5.32 Å². The molecule has 2 aromatic rings. The molecule has 2 amide bonds. The van der Waals surface area contributed by atoms with E-state index in [1.165, 1.54) is 12.0 Å². The van der Waals surface area contributed by atoms with E-state index in [1.54, 1.807) is 30.0 Å². The molecular formula is C29H38Cl2N2O2. The summed E-state index contributed by atoms with van der Waals surface area (Å²) in [5, 5.41) is 4.15. The molecular weight excluding hydrogens is 479 g/mol. The highest BCUT2D eigenvalue weighted by atomic mass is 35.5. The summed E-state index contributed by atoms with van der Waals surface area (Å²) < 4.78 is 0. The van der Waals surface area contributed by atoms with Gasteiger partial charge >= 0.3 is 0 Å². The fourth-order valence-electron chi connectivity index (χ4n) is 4.57. The molecule has 1 saturated carbocycles. The Labute approximate surface area is 220 Å². The molecule has 3 rings (SSSR count). The maximum atomic E-state index is 13.5. The molecule has 0 radical (unpaired) electrons. The number of nitrogens with one attached hydrogen (secondary N) is 1. The standard InChI is InChI=1S/C29H38Cl2N2O2/c1-20(28(35)32-23-9-6-5-7-10-23)33(19-24-25(30)11-8-12-26(24)31)27(34)18-15-21-13-16-22(17-14-21)29(2,3)4/h8,11-14,16-17,20,23H,5-7,9-10,15,18-19H2,1-4H3,(H,32,35)/t20-/m0/s1. The minimum atomic E-state index is -0.625. The highest BCUT2D eigenvalue weighted by molar-refractivity contribution is 6.36. The molecule has 0 spiro atoms. The van der Waals surface area contributed by atoms with Crippen molar-refractivity contribution in [3.05, 3.63) is 69.2 Å². The van der Waals surface area contributed by atoms with Crippen LogP contribution in [0.3, 0.4) is 0 Å². The number of carbonyl (C=O) groups excluding carboxylic acids is 2. The molecule has 1 N–H and O–H groups in total. The lowest BCUT2D eigenvalue weighted by Crippen LogP contribution is -2.50. The van der Waals surface area contributed by atoms with Gasteiger partial charge in [-0.3, -0.25) is 9.59 Å². The molecule has 4 nitrogen and oxygen atoms in total. The number of carbonyl (C=O) groups is 2. The van der Waals surface area contributed by atoms with Gasteiger partial charge in [0, 0.05) is 34.6 Å². The third-order valence-corrected chi connectivity index (χ3v) is 7.66. The number of rotatable bonds is 8. The molecule has 35 heavy (non-hydrogen) atoms. The Morgan fingerprint density at radius 3 is 2.17 bits per heavy atom. The van der Waals surface area contributed by atoms with Crippen LogP contribution in [0, 0.1) is 0 Å². The fraction of sp³-hybridized carbons (Fsp3) is 0.517. The van der Waals surface area contributed by atoms with E-state index in [0.29, 0.717) is 28.5 Å². The topological polar surface area (TPSA) is 49.4 Å². The van der Waals surface area contributed by atoms with Gasteiger partial charge in [0.1, 0.15) is 6.04 Å². The molecule has 1 aliphatic carbocycles. The third kappa shape index (κ3) is 7.72. The van der Waals surface area contributed by atoms with Crippen molar-refractivity contribution in [3.8, 4) is 0 Å². The average Bonchev–Trinajstić information content (AvgIpc) is 2.82. The lowest BCUT2D eigenvalue weighted by Gasteiger charge is -2.31. The normalized spacial score (nSPS) is 15.5. The predicted molar refractivity (Wildman–Crippen MR) is 145 cm³/mol. The largest absolute Gasteiger partial charge is 0.352 e. The van der Waals surface area contributed by atoms with Gasteiger partial charge in [-0.05, 0) is 54.9 Å². The quantitative estimate of drug-likeness (QED) is 0.407. The Balaban J connectivity index is 1.74. The SMILES string of the molecule is C[C@@H](C(=O)NC1CCCCC1)N(Cc1c(Cl)cccc1Cl)C(=O)CCc1ccc(C(C)(C)C)cc1. The van der Waals surface area contributed by atoms with Crippen molar-refractivity contribution >= 4 is 35.0 Å². The number of benzene rings is 2. The lowest BCUT2D eigenvalue weighted by atomic mass is 9.86. The van der Waals surface area contributed by atoms with Crippen LogP contribution in [0.25, 0.3) is 0 Å². The highest BCUT2D eigenvalue weighted by Crippen LogP contribution is 2.27. The molecule has 0 heterocycles. The van der Waals surface area contributed by atoms with Gasteiger partial charge in [0.2, 0.25) is 11.8 Å². The minimum Gasteiger partial charge on any atom is -0.352 e. The minimum absolute atomic E-state index is 0.0838. The number of halogens is 2. The predicted octanol–water partition coefficient (Wildman–Crippen LogP) is 7.09. The summed E-state index contributed by atoms with van der Waals surface area (Å²) in [6, 6.07) is 13.3. The van der Waals surface area contributed by atoms with Crippen molar-refractivity contribution in [3.63, 3.8) is 0 Å². The molecule has 190 valence electrons. The van der Waals surface area contributed by atoms with E-state index in [9.17, 15) is 9.59 Å². The second kappa shape index (κ2) is 12.3. The van der Waals surface area contributed by atoms with Gasteiger partial charge in [-0.25, -0.2) is 0 Å². The van der Waals surface area contributed by atoms with E-state index in [2.05, 4.69) is 50.4 Å². The molecule has 1 atom stereocenters. The molecule has 0 aromatic heterocycles. The van der Waals surface area contributed by atoms with E-state index in [1.807, 2.05) is 0 Å². The zero-order chi connectivity index (χ0) is 25.6. The molecule has 2 aromatic carbocycles. The van der Waals surface area contributed by atoms with Crippen molar-refractivity contribution in [2.24, 2.45) is 0 Å². The van der Waals surface area contributed by atoms with Gasteiger partial charge in [0.05, 0.1) is 0 Å². The average molecular weight is 518 g/mol. The second-order valence-electron chi connectivity index (χ2n) is 10.7. The van der Waals surface area contributed by atoms with Crippen LogP contribution in [0.2, 0.25) is 10.0 Å². The zero-order valence-corrected chi connectivity index (χ0v) is 22.9. The molecule has 0 bridgehead atoms. The van der Waals surface area contributed by atoms with E-state index in [-0.39, 0.29) is 29.8 Å². The van der Waals surface area contributed by atoms with Crippen LogP contribution in [0.4, 0.5) is 0 Å². The van der Waals surface area contributed by atoms with E-state index in [4.69, 9.17) is 23.2 Å². The Morgan fingerprint density at radius 1 is 1.00 bits per heavy atom. The van der Waals surface area contributed by atoms with Gasteiger partial charge in [-0.2, -0.15) is 0 Å². The molecule has 0 unspecified atom stereocenters. The molecule has 1 fully saturated rings. The summed E-state index contributed by atoms with van der Waals surface area (Å²) in [5.74, 6) is -0.213. The Morgan fingerprint density at radius 2 is 1.60 bits per heavy atom. The molecule has 0 saturated heterocycles. The summed E-state index contributed by atoms with van der Waals surface area (Å²) in [5.41, 5.74) is 3.11. The summed E-state index contributed by atoms with van der Waals surface area (Å²) in [4.78, 5) is 28.2. The van der Waals surface area contributed by atoms with E-state index in [0.717, 1.165) is 31.2 Å². The number of nitrogens with zero attached hydrogens (tertiary/aromatic N) is 1. The van der Waals surface area contributed by atoms with E-state index < -0.39 is 6.04 Å². The zero-order valence-electron chi connectivity index (χ0n) is 21.4. The van der Waals surface area contributed by atoms with Crippen molar-refractivity contribution in [1.29, 1.82) is 0 Å². The van der Waals surface area contributed by atoms with Gasteiger partial charge in [-0.1, -0.05) is 93.6 Å². The van der Waals surface area contributed by atoms with Crippen LogP contribution in [-0.2, 0) is 28.0 Å². The molecule has 0 aliphatic heterocycles. The first-order valence-electron chi connectivity index (χ1n) is 12.7. The Hall–Kier alpha value is -2.04. The van der Waals surface area contributed by atoms with Crippen LogP contribution >= 0.6 is 23.2 Å². The van der Waals surface area contributed by atoms with Gasteiger partial charge in [0.25, 0.3) is 0 Å². The summed E-state index contributed by atoms with van der Waals surface area (Å²) in [6.45, 7) is 8.54. The number of amides is 2. The first kappa shape index (κ1) is 27.5. The smallest absolute Gasteiger partial charge is 0.242 e. The maximum absolute atomic E-state index is 13.5.